The van der Waals surface area contributed by atoms with Crippen LogP contribution < -0.4 is 10.6 Å². The number of halogens is 1. The number of nitrogens with zero attached hydrogens (tertiary/aromatic N) is 2. The molecule has 1 aliphatic carbocycles. The summed E-state index contributed by atoms with van der Waals surface area (Å²) < 4.78 is 1.70. The van der Waals surface area contributed by atoms with Gasteiger partial charge in [-0.15, -0.1) is 0 Å². The maximum atomic E-state index is 12.6. The predicted molar refractivity (Wildman–Crippen MR) is 95.0 cm³/mol. The lowest BCUT2D eigenvalue weighted by molar-refractivity contribution is -0.123. The summed E-state index contributed by atoms with van der Waals surface area (Å²) in [5.41, 5.74) is 2.15. The second-order valence-electron chi connectivity index (χ2n) is 6.53. The first-order valence-electron chi connectivity index (χ1n) is 8.24. The predicted octanol–water partition coefficient (Wildman–Crippen LogP) is 2.57. The molecular formula is C18H23ClN4O. The number of likely N-dealkylation sites (N-methyl/N-ethyl adjacent to an activating group) is 1. The molecule has 0 saturated heterocycles. The van der Waals surface area contributed by atoms with Crippen molar-refractivity contribution in [3.63, 3.8) is 0 Å². The molecule has 1 amide bonds. The van der Waals surface area contributed by atoms with Gasteiger partial charge in [0.2, 0.25) is 5.91 Å². The fourth-order valence-corrected chi connectivity index (χ4v) is 3.50. The number of hydrogen-bond donors (Lipinski definition) is 2. The molecule has 1 aromatic carbocycles. The van der Waals surface area contributed by atoms with E-state index in [0.29, 0.717) is 6.54 Å². The SMILES string of the molecule is CNC(C(=O)NCC1(c2ccc(Cl)cc2)CCC1)c1cnn(C)c1. The Morgan fingerprint density at radius 2 is 2.08 bits per heavy atom. The number of carbonyl (C=O) groups is 1. The molecular weight excluding hydrogens is 324 g/mol. The Labute approximate surface area is 147 Å². The van der Waals surface area contributed by atoms with E-state index in [1.165, 1.54) is 12.0 Å². The largest absolute Gasteiger partial charge is 0.354 e. The third kappa shape index (κ3) is 3.32. The molecule has 1 atom stereocenters. The molecule has 24 heavy (non-hydrogen) atoms. The summed E-state index contributed by atoms with van der Waals surface area (Å²) in [6.45, 7) is 0.645. The van der Waals surface area contributed by atoms with Crippen molar-refractivity contribution in [1.82, 2.24) is 20.4 Å². The minimum atomic E-state index is -0.388. The van der Waals surface area contributed by atoms with E-state index in [2.05, 4.69) is 27.9 Å². The first-order valence-corrected chi connectivity index (χ1v) is 8.61. The van der Waals surface area contributed by atoms with Crippen molar-refractivity contribution in [1.29, 1.82) is 0 Å². The van der Waals surface area contributed by atoms with E-state index in [4.69, 9.17) is 11.6 Å². The maximum Gasteiger partial charge on any atom is 0.241 e. The van der Waals surface area contributed by atoms with Crippen LogP contribution in [0.3, 0.4) is 0 Å². The zero-order valence-electron chi connectivity index (χ0n) is 14.1. The van der Waals surface area contributed by atoms with Gasteiger partial charge in [0.05, 0.1) is 6.20 Å². The van der Waals surface area contributed by atoms with Gasteiger partial charge in [-0.3, -0.25) is 9.48 Å². The molecule has 1 saturated carbocycles. The third-order valence-electron chi connectivity index (χ3n) is 4.98. The monoisotopic (exact) mass is 346 g/mol. The van der Waals surface area contributed by atoms with Crippen LogP contribution in [-0.2, 0) is 17.3 Å². The van der Waals surface area contributed by atoms with Gasteiger partial charge in [0.15, 0.2) is 0 Å². The van der Waals surface area contributed by atoms with Crippen molar-refractivity contribution in [2.24, 2.45) is 7.05 Å². The van der Waals surface area contributed by atoms with E-state index in [-0.39, 0.29) is 17.4 Å². The van der Waals surface area contributed by atoms with E-state index < -0.39 is 0 Å². The summed E-state index contributed by atoms with van der Waals surface area (Å²) in [5, 5.41) is 11.1. The Morgan fingerprint density at radius 3 is 2.58 bits per heavy atom. The minimum absolute atomic E-state index is 0.0225. The Bertz CT molecular complexity index is 706. The zero-order valence-corrected chi connectivity index (χ0v) is 14.8. The number of benzene rings is 1. The highest BCUT2D eigenvalue weighted by molar-refractivity contribution is 6.30. The average molecular weight is 347 g/mol. The van der Waals surface area contributed by atoms with Gasteiger partial charge in [0.25, 0.3) is 0 Å². The number of hydrogen-bond acceptors (Lipinski definition) is 3. The van der Waals surface area contributed by atoms with Gasteiger partial charge in [0.1, 0.15) is 6.04 Å². The zero-order chi connectivity index (χ0) is 17.2. The van der Waals surface area contributed by atoms with Crippen molar-refractivity contribution in [2.45, 2.75) is 30.7 Å². The van der Waals surface area contributed by atoms with Crippen LogP contribution >= 0.6 is 11.6 Å². The number of amides is 1. The van der Waals surface area contributed by atoms with Gasteiger partial charge < -0.3 is 10.6 Å². The first-order chi connectivity index (χ1) is 11.5. The lowest BCUT2D eigenvalue weighted by Crippen LogP contribution is -2.47. The maximum absolute atomic E-state index is 12.6. The summed E-state index contributed by atoms with van der Waals surface area (Å²) in [6.07, 6.45) is 6.95. The van der Waals surface area contributed by atoms with Gasteiger partial charge in [-0.2, -0.15) is 5.10 Å². The highest BCUT2D eigenvalue weighted by Crippen LogP contribution is 2.43. The molecule has 128 valence electrons. The average Bonchev–Trinajstić information content (AvgIpc) is 2.95. The van der Waals surface area contributed by atoms with Crippen LogP contribution in [0.15, 0.2) is 36.7 Å². The van der Waals surface area contributed by atoms with E-state index >= 15 is 0 Å². The number of aromatic nitrogens is 2. The molecule has 0 bridgehead atoms. The fraction of sp³-hybridized carbons (Fsp3) is 0.444. The summed E-state index contributed by atoms with van der Waals surface area (Å²) in [4.78, 5) is 12.6. The molecule has 1 aliphatic rings. The lowest BCUT2D eigenvalue weighted by atomic mass is 9.64. The van der Waals surface area contributed by atoms with Gasteiger partial charge in [-0.1, -0.05) is 30.2 Å². The summed E-state index contributed by atoms with van der Waals surface area (Å²) >= 11 is 5.99. The molecule has 1 aromatic heterocycles. The van der Waals surface area contributed by atoms with Crippen molar-refractivity contribution in [2.75, 3.05) is 13.6 Å². The van der Waals surface area contributed by atoms with Crippen molar-refractivity contribution in [3.05, 3.63) is 52.8 Å². The summed E-state index contributed by atoms with van der Waals surface area (Å²) in [6, 6.07) is 7.60. The second kappa shape index (κ2) is 6.95. The molecule has 0 aliphatic heterocycles. The van der Waals surface area contributed by atoms with Crippen LogP contribution in [0.1, 0.15) is 36.4 Å². The highest BCUT2D eigenvalue weighted by Gasteiger charge is 2.39. The number of aryl methyl sites for hydroxylation is 1. The first kappa shape index (κ1) is 17.0. The Morgan fingerprint density at radius 1 is 1.38 bits per heavy atom. The normalized spacial score (nSPS) is 17.1. The van der Waals surface area contributed by atoms with E-state index in [1.807, 2.05) is 25.4 Å². The molecule has 1 heterocycles. The van der Waals surface area contributed by atoms with Crippen LogP contribution in [0.2, 0.25) is 5.02 Å². The van der Waals surface area contributed by atoms with E-state index in [9.17, 15) is 4.79 Å². The van der Waals surface area contributed by atoms with Crippen LogP contribution in [0.5, 0.6) is 0 Å². The van der Waals surface area contributed by atoms with Crippen molar-refractivity contribution >= 4 is 17.5 Å². The molecule has 5 nitrogen and oxygen atoms in total. The molecule has 2 aromatic rings. The van der Waals surface area contributed by atoms with Crippen molar-refractivity contribution in [3.8, 4) is 0 Å². The Hall–Kier alpha value is -1.85. The lowest BCUT2D eigenvalue weighted by Gasteiger charge is -2.43. The number of nitrogens with one attached hydrogen (secondary N) is 2. The minimum Gasteiger partial charge on any atom is -0.354 e. The van der Waals surface area contributed by atoms with Gasteiger partial charge >= 0.3 is 0 Å². The summed E-state index contributed by atoms with van der Waals surface area (Å²) in [7, 11) is 3.63. The number of carbonyl (C=O) groups excluding carboxylic acids is 1. The summed E-state index contributed by atoms with van der Waals surface area (Å²) in [5.74, 6) is -0.0225. The molecule has 6 heteroatoms. The molecule has 0 radical (unpaired) electrons. The smallest absolute Gasteiger partial charge is 0.241 e. The topological polar surface area (TPSA) is 59.0 Å². The van der Waals surface area contributed by atoms with Crippen LogP contribution in [-0.4, -0.2) is 29.3 Å². The van der Waals surface area contributed by atoms with Gasteiger partial charge in [-0.05, 0) is 37.6 Å². The van der Waals surface area contributed by atoms with Gasteiger partial charge in [-0.25, -0.2) is 0 Å². The fourth-order valence-electron chi connectivity index (χ4n) is 3.37. The molecule has 1 unspecified atom stereocenters. The van der Waals surface area contributed by atoms with E-state index in [1.54, 1.807) is 17.9 Å². The molecule has 0 spiro atoms. The Balaban J connectivity index is 1.68. The molecule has 3 rings (SSSR count). The molecule has 2 N–H and O–H groups in total. The van der Waals surface area contributed by atoms with Crippen molar-refractivity contribution < 1.29 is 4.79 Å². The van der Waals surface area contributed by atoms with E-state index in [0.717, 1.165) is 23.4 Å². The standard InChI is InChI=1S/C18H23ClN4O/c1-20-16(13-10-22-23(2)11-13)17(24)21-12-18(8-3-9-18)14-4-6-15(19)7-5-14/h4-7,10-11,16,20H,3,8-9,12H2,1-2H3,(H,21,24). The van der Waals surface area contributed by atoms with Crippen LogP contribution in [0.4, 0.5) is 0 Å². The Kier molecular flexibility index (Phi) is 4.92. The number of rotatable bonds is 6. The van der Waals surface area contributed by atoms with Crippen LogP contribution in [0.25, 0.3) is 0 Å². The highest BCUT2D eigenvalue weighted by atomic mass is 35.5. The quantitative estimate of drug-likeness (QED) is 0.845. The third-order valence-corrected chi connectivity index (χ3v) is 5.23. The van der Waals surface area contributed by atoms with Crippen LogP contribution in [0, 0.1) is 0 Å². The molecule has 1 fully saturated rings. The van der Waals surface area contributed by atoms with Gasteiger partial charge in [0, 0.05) is 35.8 Å². The second-order valence-corrected chi connectivity index (χ2v) is 6.96.